The van der Waals surface area contributed by atoms with Crippen LogP contribution in [-0.2, 0) is 17.5 Å². The second kappa shape index (κ2) is 8.10. The molecule has 0 aliphatic carbocycles. The summed E-state index contributed by atoms with van der Waals surface area (Å²) in [5.41, 5.74) is 3.53. The highest BCUT2D eigenvalue weighted by Crippen LogP contribution is 2.34. The molecule has 0 unspecified atom stereocenters. The summed E-state index contributed by atoms with van der Waals surface area (Å²) in [5, 5.41) is -0.0617. The van der Waals surface area contributed by atoms with Gasteiger partial charge in [0.1, 0.15) is 5.60 Å². The second-order valence-electron chi connectivity index (χ2n) is 6.56. The van der Waals surface area contributed by atoms with Crippen LogP contribution in [0.4, 0.5) is 18.0 Å². The molecule has 0 radical (unpaired) electrons. The topological polar surface area (TPSA) is 76.1 Å². The number of nitrogens with one attached hydrogen (secondary N) is 2. The number of alkyl halides is 3. The van der Waals surface area contributed by atoms with E-state index >= 15 is 0 Å². The fourth-order valence-electron chi connectivity index (χ4n) is 2.16. The van der Waals surface area contributed by atoms with Crippen LogP contribution in [0.25, 0.3) is 11.3 Å². The predicted molar refractivity (Wildman–Crippen MR) is 93.7 cm³/mol. The minimum Gasteiger partial charge on any atom is -0.443 e. The molecule has 1 heterocycles. The summed E-state index contributed by atoms with van der Waals surface area (Å²) in [6.45, 7) is 4.77. The fraction of sp³-hybridized carbons (Fsp3) is 0.353. The lowest BCUT2D eigenvalue weighted by Gasteiger charge is -2.20. The number of halogens is 4. The van der Waals surface area contributed by atoms with Crippen molar-refractivity contribution in [2.24, 2.45) is 0 Å². The van der Waals surface area contributed by atoms with Crippen LogP contribution >= 0.6 is 11.6 Å². The van der Waals surface area contributed by atoms with Crippen molar-refractivity contribution in [2.75, 3.05) is 0 Å². The summed E-state index contributed by atoms with van der Waals surface area (Å²) in [6.07, 6.45) is -4.02. The van der Waals surface area contributed by atoms with Crippen LogP contribution in [0.3, 0.4) is 0 Å². The molecule has 1 amide bonds. The number of hydrogen-bond acceptors (Lipinski definition) is 5. The van der Waals surface area contributed by atoms with E-state index < -0.39 is 23.4 Å². The zero-order valence-corrected chi connectivity index (χ0v) is 15.6. The first-order valence-corrected chi connectivity index (χ1v) is 8.24. The molecule has 1 aromatic carbocycles. The van der Waals surface area contributed by atoms with Gasteiger partial charge < -0.3 is 4.74 Å². The standard InChI is InChI=1S/C17H18ClF3N4O2/c1-16(2,3)27-15(26)25-23-9-11-5-4-10(8-12(11)17(19,20)21)13-6-7-22-14(18)24-13/h4-8,23H,9H2,1-3H3,(H,25,26). The normalized spacial score (nSPS) is 12.0. The summed E-state index contributed by atoms with van der Waals surface area (Å²) in [6, 6.07) is 5.23. The molecule has 2 aromatic rings. The molecule has 0 saturated carbocycles. The van der Waals surface area contributed by atoms with E-state index in [1.807, 2.05) is 0 Å². The van der Waals surface area contributed by atoms with E-state index in [2.05, 4.69) is 20.8 Å². The number of hydrogen-bond donors (Lipinski definition) is 2. The number of carbonyl (C=O) groups excluding carboxylic acids is 1. The molecule has 6 nitrogen and oxygen atoms in total. The first kappa shape index (κ1) is 20.9. The van der Waals surface area contributed by atoms with Crippen LogP contribution in [0.1, 0.15) is 31.9 Å². The van der Waals surface area contributed by atoms with Gasteiger partial charge >= 0.3 is 12.3 Å². The molecule has 1 aromatic heterocycles. The van der Waals surface area contributed by atoms with Crippen molar-refractivity contribution in [3.63, 3.8) is 0 Å². The van der Waals surface area contributed by atoms with Crippen LogP contribution in [0.15, 0.2) is 30.5 Å². The summed E-state index contributed by atoms with van der Waals surface area (Å²) >= 11 is 5.69. The van der Waals surface area contributed by atoms with E-state index in [0.29, 0.717) is 0 Å². The Morgan fingerprint density at radius 3 is 2.52 bits per heavy atom. The van der Waals surface area contributed by atoms with Gasteiger partial charge in [0, 0.05) is 18.3 Å². The monoisotopic (exact) mass is 402 g/mol. The Bertz CT molecular complexity index is 823. The molecule has 0 saturated heterocycles. The smallest absolute Gasteiger partial charge is 0.422 e. The van der Waals surface area contributed by atoms with Gasteiger partial charge in [0.05, 0.1) is 11.3 Å². The number of nitrogens with zero attached hydrogens (tertiary/aromatic N) is 2. The highest BCUT2D eigenvalue weighted by atomic mass is 35.5. The van der Waals surface area contributed by atoms with E-state index in [4.69, 9.17) is 16.3 Å². The van der Waals surface area contributed by atoms with Crippen molar-refractivity contribution in [1.82, 2.24) is 20.8 Å². The van der Waals surface area contributed by atoms with Crippen molar-refractivity contribution in [1.29, 1.82) is 0 Å². The number of amides is 1. The van der Waals surface area contributed by atoms with Gasteiger partial charge in [0.25, 0.3) is 0 Å². The Morgan fingerprint density at radius 1 is 1.22 bits per heavy atom. The molecule has 2 N–H and O–H groups in total. The van der Waals surface area contributed by atoms with Gasteiger partial charge in [-0.15, -0.1) is 0 Å². The predicted octanol–water partition coefficient (Wildman–Crippen LogP) is 4.35. The van der Waals surface area contributed by atoms with E-state index in [0.717, 1.165) is 6.07 Å². The van der Waals surface area contributed by atoms with Gasteiger partial charge in [0.2, 0.25) is 5.28 Å². The molecular formula is C17H18ClF3N4O2. The maximum atomic E-state index is 13.4. The number of rotatable bonds is 4. The van der Waals surface area contributed by atoms with Crippen molar-refractivity contribution in [3.05, 3.63) is 46.9 Å². The highest BCUT2D eigenvalue weighted by molar-refractivity contribution is 6.28. The quantitative estimate of drug-likeness (QED) is 0.587. The lowest BCUT2D eigenvalue weighted by Crippen LogP contribution is -2.41. The van der Waals surface area contributed by atoms with Crippen molar-refractivity contribution < 1.29 is 22.7 Å². The van der Waals surface area contributed by atoms with Crippen molar-refractivity contribution in [2.45, 2.75) is 39.1 Å². The molecule has 0 aliphatic rings. The van der Waals surface area contributed by atoms with Crippen LogP contribution in [0, 0.1) is 0 Å². The van der Waals surface area contributed by atoms with E-state index in [9.17, 15) is 18.0 Å². The SMILES string of the molecule is CC(C)(C)OC(=O)NNCc1ccc(-c2ccnc(Cl)n2)cc1C(F)(F)F. The molecule has 0 atom stereocenters. The van der Waals surface area contributed by atoms with Gasteiger partial charge in [-0.3, -0.25) is 5.43 Å². The molecule has 0 bridgehead atoms. The number of carbonyl (C=O) groups is 1. The third kappa shape index (κ3) is 6.37. The molecule has 146 valence electrons. The molecular weight excluding hydrogens is 385 g/mol. The van der Waals surface area contributed by atoms with Crippen molar-refractivity contribution >= 4 is 17.7 Å². The van der Waals surface area contributed by atoms with Crippen LogP contribution in [-0.4, -0.2) is 21.7 Å². The first-order valence-electron chi connectivity index (χ1n) is 7.86. The lowest BCUT2D eigenvalue weighted by molar-refractivity contribution is -0.138. The first-order chi connectivity index (χ1) is 12.5. The van der Waals surface area contributed by atoms with E-state index in [1.165, 1.54) is 24.4 Å². The Morgan fingerprint density at radius 2 is 1.93 bits per heavy atom. The van der Waals surface area contributed by atoms with E-state index in [-0.39, 0.29) is 28.6 Å². The largest absolute Gasteiger partial charge is 0.443 e. The lowest BCUT2D eigenvalue weighted by atomic mass is 10.0. The molecule has 0 aliphatic heterocycles. The average molecular weight is 403 g/mol. The third-order valence-electron chi connectivity index (χ3n) is 3.21. The minimum atomic E-state index is -4.59. The fourth-order valence-corrected chi connectivity index (χ4v) is 2.31. The Labute approximate surface area is 159 Å². The summed E-state index contributed by atoms with van der Waals surface area (Å²) in [4.78, 5) is 19.2. The van der Waals surface area contributed by atoms with Gasteiger partial charge in [-0.05, 0) is 50.1 Å². The zero-order chi connectivity index (χ0) is 20.2. The van der Waals surface area contributed by atoms with Crippen molar-refractivity contribution in [3.8, 4) is 11.3 Å². The van der Waals surface area contributed by atoms with E-state index in [1.54, 1.807) is 20.8 Å². The number of aromatic nitrogens is 2. The highest BCUT2D eigenvalue weighted by Gasteiger charge is 2.33. The number of hydrazine groups is 1. The molecule has 2 rings (SSSR count). The molecule has 10 heteroatoms. The second-order valence-corrected chi connectivity index (χ2v) is 6.90. The summed E-state index contributed by atoms with van der Waals surface area (Å²) in [7, 11) is 0. The molecule has 27 heavy (non-hydrogen) atoms. The van der Waals surface area contributed by atoms with Gasteiger partial charge in [0.15, 0.2) is 0 Å². The van der Waals surface area contributed by atoms with Crippen LogP contribution < -0.4 is 10.9 Å². The minimum absolute atomic E-state index is 0.0533. The Balaban J connectivity index is 2.18. The number of ether oxygens (including phenoxy) is 1. The molecule has 0 spiro atoms. The Hall–Kier alpha value is -2.39. The third-order valence-corrected chi connectivity index (χ3v) is 3.39. The summed E-state index contributed by atoms with van der Waals surface area (Å²) in [5.74, 6) is 0. The Kier molecular flexibility index (Phi) is 6.27. The summed E-state index contributed by atoms with van der Waals surface area (Å²) < 4.78 is 45.3. The van der Waals surface area contributed by atoms with Gasteiger partial charge in [-0.2, -0.15) is 13.2 Å². The van der Waals surface area contributed by atoms with Crippen LogP contribution in [0.2, 0.25) is 5.28 Å². The van der Waals surface area contributed by atoms with Gasteiger partial charge in [-0.1, -0.05) is 12.1 Å². The maximum absolute atomic E-state index is 13.4. The number of benzene rings is 1. The zero-order valence-electron chi connectivity index (χ0n) is 14.8. The van der Waals surface area contributed by atoms with Crippen LogP contribution in [0.5, 0.6) is 0 Å². The molecule has 0 fully saturated rings. The average Bonchev–Trinajstić information content (AvgIpc) is 2.52. The maximum Gasteiger partial charge on any atom is 0.422 e. The van der Waals surface area contributed by atoms with Gasteiger partial charge in [-0.25, -0.2) is 20.2 Å².